The van der Waals surface area contributed by atoms with Crippen LogP contribution in [-0.4, -0.2) is 59.0 Å². The smallest absolute Gasteiger partial charge is 0.252 e. The van der Waals surface area contributed by atoms with Gasteiger partial charge in [0.05, 0.1) is 40.9 Å². The van der Waals surface area contributed by atoms with E-state index in [9.17, 15) is 4.79 Å². The fourth-order valence-corrected chi connectivity index (χ4v) is 5.57. The van der Waals surface area contributed by atoms with Crippen LogP contribution >= 0.6 is 0 Å². The van der Waals surface area contributed by atoms with Gasteiger partial charge >= 0.3 is 0 Å². The highest BCUT2D eigenvalue weighted by atomic mass is 16.1. The van der Waals surface area contributed by atoms with Gasteiger partial charge in [-0.05, 0) is 32.8 Å². The Morgan fingerprint density at radius 3 is 2.75 bits per heavy atom. The molecule has 0 saturated carbocycles. The summed E-state index contributed by atoms with van der Waals surface area (Å²) in [4.78, 5) is 22.7. The van der Waals surface area contributed by atoms with Gasteiger partial charge in [0, 0.05) is 50.6 Å². The monoisotopic (exact) mass is 487 g/mol. The van der Waals surface area contributed by atoms with E-state index in [1.54, 1.807) is 28.6 Å². The molecule has 10 nitrogen and oxygen atoms in total. The van der Waals surface area contributed by atoms with Crippen LogP contribution in [0.2, 0.25) is 0 Å². The summed E-state index contributed by atoms with van der Waals surface area (Å²) in [6, 6.07) is 8.58. The summed E-state index contributed by atoms with van der Waals surface area (Å²) in [5.41, 5.74) is 5.18. The highest BCUT2D eigenvalue weighted by Crippen LogP contribution is 2.34. The van der Waals surface area contributed by atoms with Crippen LogP contribution in [0.1, 0.15) is 51.0 Å². The number of fused-ring (bicyclic) bond motifs is 2. The molecule has 4 aromatic heterocycles. The Morgan fingerprint density at radius 2 is 2.03 bits per heavy atom. The molecule has 5 heterocycles. The summed E-state index contributed by atoms with van der Waals surface area (Å²) in [5, 5.41) is 18.3. The Bertz CT molecular complexity index is 1510. The van der Waals surface area contributed by atoms with Crippen LogP contribution < -0.4 is 10.5 Å². The molecule has 0 radical (unpaired) electrons. The molecule has 5 rings (SSSR count). The average molecular weight is 488 g/mol. The molecule has 1 saturated heterocycles. The molecule has 0 aliphatic carbocycles. The molecule has 0 spiro atoms. The maximum absolute atomic E-state index is 12.8. The predicted molar refractivity (Wildman–Crippen MR) is 139 cm³/mol. The van der Waals surface area contributed by atoms with Crippen LogP contribution in [0.4, 0.5) is 5.69 Å². The van der Waals surface area contributed by atoms with Crippen molar-refractivity contribution in [3.8, 4) is 6.07 Å². The van der Waals surface area contributed by atoms with Gasteiger partial charge in [-0.2, -0.15) is 15.5 Å². The SMILES string of the molecule is CC[C@@H]1CN(c2cc(=O)n(C)c3cn(CC#N)nc23)[C@@H](C)CN1[C@H](CC)c1ccn2nc(C)cc2n1. The highest BCUT2D eigenvalue weighted by molar-refractivity contribution is 5.88. The molecule has 1 aliphatic rings. The Kier molecular flexibility index (Phi) is 6.26. The van der Waals surface area contributed by atoms with Gasteiger partial charge in [-0.25, -0.2) is 9.50 Å². The molecule has 4 aromatic rings. The van der Waals surface area contributed by atoms with Crippen LogP contribution in [0.15, 0.2) is 35.4 Å². The van der Waals surface area contributed by atoms with E-state index in [-0.39, 0.29) is 30.2 Å². The number of aromatic nitrogens is 6. The Labute approximate surface area is 210 Å². The van der Waals surface area contributed by atoms with E-state index in [4.69, 9.17) is 10.2 Å². The molecule has 188 valence electrons. The van der Waals surface area contributed by atoms with Crippen molar-refractivity contribution in [1.29, 1.82) is 5.26 Å². The molecule has 0 unspecified atom stereocenters. The predicted octanol–water partition coefficient (Wildman–Crippen LogP) is 3.05. The van der Waals surface area contributed by atoms with Crippen molar-refractivity contribution in [2.75, 3.05) is 18.0 Å². The number of piperazine rings is 1. The number of nitrogens with zero attached hydrogens (tertiary/aromatic N) is 9. The third-order valence-electron chi connectivity index (χ3n) is 7.43. The summed E-state index contributed by atoms with van der Waals surface area (Å²) < 4.78 is 5.04. The number of anilines is 1. The van der Waals surface area contributed by atoms with Crippen molar-refractivity contribution < 1.29 is 0 Å². The second-order valence-corrected chi connectivity index (χ2v) is 9.77. The van der Waals surface area contributed by atoms with Crippen molar-refractivity contribution in [2.24, 2.45) is 7.05 Å². The Morgan fingerprint density at radius 1 is 1.22 bits per heavy atom. The van der Waals surface area contributed by atoms with Crippen LogP contribution in [0.25, 0.3) is 16.7 Å². The average Bonchev–Trinajstić information content (AvgIpc) is 3.45. The molecular formula is C26H33N9O. The second-order valence-electron chi connectivity index (χ2n) is 9.77. The molecular weight excluding hydrogens is 454 g/mol. The Hall–Kier alpha value is -3.71. The second kappa shape index (κ2) is 9.39. The largest absolute Gasteiger partial charge is 0.364 e. The molecule has 1 fully saturated rings. The maximum Gasteiger partial charge on any atom is 0.252 e. The highest BCUT2D eigenvalue weighted by Gasteiger charge is 2.36. The first-order chi connectivity index (χ1) is 17.3. The maximum atomic E-state index is 12.8. The van der Waals surface area contributed by atoms with Crippen LogP contribution in [0.3, 0.4) is 0 Å². The minimum Gasteiger partial charge on any atom is -0.364 e. The molecule has 0 bridgehead atoms. The zero-order valence-corrected chi connectivity index (χ0v) is 21.6. The van der Waals surface area contributed by atoms with Crippen molar-refractivity contribution in [3.63, 3.8) is 0 Å². The molecule has 0 amide bonds. The van der Waals surface area contributed by atoms with Gasteiger partial charge in [-0.1, -0.05) is 13.8 Å². The summed E-state index contributed by atoms with van der Waals surface area (Å²) in [7, 11) is 1.75. The number of aryl methyl sites for hydroxylation is 2. The summed E-state index contributed by atoms with van der Waals surface area (Å²) in [6.07, 6.45) is 5.72. The first-order valence-corrected chi connectivity index (χ1v) is 12.6. The molecule has 1 aliphatic heterocycles. The quantitative estimate of drug-likeness (QED) is 0.412. The standard InChI is InChI=1S/C26H33N9O/c1-6-19-15-33(22-13-25(36)31(5)23-16-32(11-9-27)30-26(22)23)18(4)14-34(19)21(7-2)20-8-10-35-24(28-20)12-17(3)29-35/h8,10,12-13,16,18-19,21H,6-7,11,14-15H2,1-5H3/t18-,19+,21+/m0/s1. The van der Waals surface area contributed by atoms with Crippen LogP contribution in [0, 0.1) is 18.3 Å². The number of pyridine rings is 1. The van der Waals surface area contributed by atoms with Gasteiger partial charge in [0.25, 0.3) is 5.56 Å². The van der Waals surface area contributed by atoms with Crippen molar-refractivity contribution in [3.05, 3.63) is 52.3 Å². The molecule has 0 N–H and O–H groups in total. The first kappa shape index (κ1) is 24.0. The van der Waals surface area contributed by atoms with Crippen molar-refractivity contribution in [2.45, 2.75) is 65.2 Å². The summed E-state index contributed by atoms with van der Waals surface area (Å²) in [6.45, 7) is 10.4. The topological polar surface area (TPSA) is 100 Å². The lowest BCUT2D eigenvalue weighted by Crippen LogP contribution is -2.58. The van der Waals surface area contributed by atoms with E-state index in [1.165, 1.54) is 0 Å². The van der Waals surface area contributed by atoms with Gasteiger partial charge in [0.2, 0.25) is 0 Å². The van der Waals surface area contributed by atoms with Crippen LogP contribution in [-0.2, 0) is 13.6 Å². The zero-order valence-electron chi connectivity index (χ0n) is 21.6. The van der Waals surface area contributed by atoms with E-state index in [0.29, 0.717) is 0 Å². The summed E-state index contributed by atoms with van der Waals surface area (Å²) in [5.74, 6) is 0. The van der Waals surface area contributed by atoms with E-state index < -0.39 is 0 Å². The Balaban J connectivity index is 1.50. The minimum atomic E-state index is -0.0725. The normalized spacial score (nSPS) is 19.7. The number of hydrogen-bond acceptors (Lipinski definition) is 7. The summed E-state index contributed by atoms with van der Waals surface area (Å²) >= 11 is 0. The fourth-order valence-electron chi connectivity index (χ4n) is 5.57. The van der Waals surface area contributed by atoms with Gasteiger partial charge in [0.1, 0.15) is 12.1 Å². The lowest BCUT2D eigenvalue weighted by Gasteiger charge is -2.49. The zero-order chi connectivity index (χ0) is 25.6. The van der Waals surface area contributed by atoms with Gasteiger partial charge < -0.3 is 9.47 Å². The molecule has 0 aromatic carbocycles. The lowest BCUT2D eigenvalue weighted by molar-refractivity contribution is 0.0922. The third-order valence-corrected chi connectivity index (χ3v) is 7.43. The van der Waals surface area contributed by atoms with Crippen LogP contribution in [0.5, 0.6) is 0 Å². The van der Waals surface area contributed by atoms with E-state index in [2.05, 4.69) is 52.9 Å². The van der Waals surface area contributed by atoms with Crippen molar-refractivity contribution in [1.82, 2.24) is 33.8 Å². The van der Waals surface area contributed by atoms with E-state index in [0.717, 1.165) is 59.7 Å². The van der Waals surface area contributed by atoms with Gasteiger partial charge in [-0.3, -0.25) is 14.4 Å². The molecule has 36 heavy (non-hydrogen) atoms. The lowest BCUT2D eigenvalue weighted by atomic mass is 9.98. The van der Waals surface area contributed by atoms with Gasteiger partial charge in [-0.15, -0.1) is 0 Å². The number of nitriles is 1. The molecule has 3 atom stereocenters. The minimum absolute atomic E-state index is 0.0725. The number of hydrogen-bond donors (Lipinski definition) is 0. The molecule has 10 heteroatoms. The van der Waals surface area contributed by atoms with E-state index >= 15 is 0 Å². The fraction of sp³-hybridized carbons (Fsp3) is 0.500. The van der Waals surface area contributed by atoms with E-state index in [1.807, 2.05) is 23.7 Å². The first-order valence-electron chi connectivity index (χ1n) is 12.6. The van der Waals surface area contributed by atoms with Gasteiger partial charge in [0.15, 0.2) is 5.65 Å². The number of rotatable bonds is 6. The third kappa shape index (κ3) is 4.03. The van der Waals surface area contributed by atoms with Crippen molar-refractivity contribution >= 4 is 22.4 Å².